The largest absolute Gasteiger partial charge is 0.312 e. The Morgan fingerprint density at radius 1 is 0.955 bits per heavy atom. The molecule has 5 heteroatoms. The van der Waals surface area contributed by atoms with Gasteiger partial charge < -0.3 is 5.32 Å². The van der Waals surface area contributed by atoms with E-state index >= 15 is 0 Å². The van der Waals surface area contributed by atoms with Gasteiger partial charge in [0.05, 0.1) is 0 Å². The van der Waals surface area contributed by atoms with E-state index in [4.69, 9.17) is 4.98 Å². The fraction of sp³-hybridized carbons (Fsp3) is 0.176. The molecule has 3 aromatic rings. The second kappa shape index (κ2) is 7.05. The first-order chi connectivity index (χ1) is 9.93. The molecule has 22 heavy (non-hydrogen) atoms. The number of halogens is 2. The number of hydrogen-bond donors (Lipinski definition) is 1. The highest BCUT2D eigenvalue weighted by atomic mass is 35.5. The maximum Gasteiger partial charge on any atom is 0.160 e. The van der Waals surface area contributed by atoms with Gasteiger partial charge in [-0.1, -0.05) is 30.3 Å². The van der Waals surface area contributed by atoms with E-state index in [0.717, 1.165) is 30.5 Å². The van der Waals surface area contributed by atoms with Gasteiger partial charge in [-0.2, -0.15) is 0 Å². The summed E-state index contributed by atoms with van der Waals surface area (Å²) < 4.78 is 0. The van der Waals surface area contributed by atoms with Crippen LogP contribution in [0.15, 0.2) is 48.7 Å². The average Bonchev–Trinajstić information content (AvgIpc) is 2.53. The van der Waals surface area contributed by atoms with E-state index in [1.807, 2.05) is 12.3 Å². The average molecular weight is 334 g/mol. The summed E-state index contributed by atoms with van der Waals surface area (Å²) in [5.41, 5.74) is 5.89. The highest BCUT2D eigenvalue weighted by Crippen LogP contribution is 2.33. The Labute approximate surface area is 142 Å². The first-order valence-electron chi connectivity index (χ1n) is 6.96. The molecule has 0 bridgehead atoms. The number of fused-ring (bicyclic) bond motifs is 2. The van der Waals surface area contributed by atoms with E-state index < -0.39 is 0 Å². The predicted molar refractivity (Wildman–Crippen MR) is 94.9 cm³/mol. The van der Waals surface area contributed by atoms with Crippen molar-refractivity contribution in [3.8, 4) is 11.1 Å². The number of rotatable bonds is 1. The third-order valence-electron chi connectivity index (χ3n) is 3.85. The minimum absolute atomic E-state index is 0. The van der Waals surface area contributed by atoms with E-state index in [1.54, 1.807) is 0 Å². The molecule has 0 saturated carbocycles. The van der Waals surface area contributed by atoms with Crippen molar-refractivity contribution < 1.29 is 0 Å². The monoisotopic (exact) mass is 333 g/mol. The number of pyridine rings is 2. The topological polar surface area (TPSA) is 37.8 Å². The molecular weight excluding hydrogens is 317 g/mol. The van der Waals surface area contributed by atoms with Crippen LogP contribution >= 0.6 is 24.8 Å². The lowest BCUT2D eigenvalue weighted by Crippen LogP contribution is -2.25. The van der Waals surface area contributed by atoms with Crippen molar-refractivity contribution >= 4 is 35.8 Å². The maximum atomic E-state index is 4.75. The number of aromatic nitrogens is 2. The molecule has 0 saturated heterocycles. The van der Waals surface area contributed by atoms with Crippen LogP contribution in [-0.2, 0) is 13.0 Å². The zero-order chi connectivity index (χ0) is 13.4. The van der Waals surface area contributed by atoms with Crippen molar-refractivity contribution in [3.63, 3.8) is 0 Å². The van der Waals surface area contributed by atoms with E-state index in [-0.39, 0.29) is 24.8 Å². The van der Waals surface area contributed by atoms with Crippen LogP contribution < -0.4 is 5.32 Å². The molecule has 0 atom stereocenters. The Morgan fingerprint density at radius 3 is 2.59 bits per heavy atom. The lowest BCUT2D eigenvalue weighted by Gasteiger charge is -2.21. The summed E-state index contributed by atoms with van der Waals surface area (Å²) in [5.74, 6) is 0. The summed E-state index contributed by atoms with van der Waals surface area (Å²) in [6, 6.07) is 14.6. The summed E-state index contributed by atoms with van der Waals surface area (Å²) in [4.78, 5) is 9.19. The molecule has 3 nitrogen and oxygen atoms in total. The predicted octanol–water partition coefficient (Wildman–Crippen LogP) is 3.79. The Hall–Kier alpha value is -1.68. The first kappa shape index (κ1) is 16.7. The number of benzene rings is 1. The standard InChI is InChI=1S/C17H15N3.2ClH/c1-2-5-12(6-3-1)16-13-7-4-9-19-17(13)20-15-8-10-18-11-14(15)16;;/h1-7,9,18H,8,10-11H2;2*1H. The molecule has 1 N–H and O–H groups in total. The van der Waals surface area contributed by atoms with Crippen molar-refractivity contribution in [1.82, 2.24) is 15.3 Å². The van der Waals surface area contributed by atoms with Gasteiger partial charge in [-0.15, -0.1) is 24.8 Å². The van der Waals surface area contributed by atoms with E-state index in [0.29, 0.717) is 0 Å². The second-order valence-corrected chi connectivity index (χ2v) is 5.08. The SMILES string of the molecule is Cl.Cl.c1ccc(-c2c3c(nc4ncccc24)CCNC3)cc1. The first-order valence-corrected chi connectivity index (χ1v) is 6.96. The smallest absolute Gasteiger partial charge is 0.160 e. The van der Waals surface area contributed by atoms with Crippen LogP contribution in [0.1, 0.15) is 11.3 Å². The molecule has 2 aromatic heterocycles. The van der Waals surface area contributed by atoms with E-state index in [1.165, 1.54) is 22.4 Å². The molecule has 0 unspecified atom stereocenters. The Morgan fingerprint density at radius 2 is 1.77 bits per heavy atom. The van der Waals surface area contributed by atoms with Gasteiger partial charge >= 0.3 is 0 Å². The van der Waals surface area contributed by atoms with Crippen LogP contribution in [0.4, 0.5) is 0 Å². The fourth-order valence-corrected chi connectivity index (χ4v) is 2.94. The van der Waals surface area contributed by atoms with E-state index in [2.05, 4.69) is 46.7 Å². The molecule has 0 fully saturated rings. The molecule has 0 aliphatic carbocycles. The highest BCUT2D eigenvalue weighted by Gasteiger charge is 2.18. The quantitative estimate of drug-likeness (QED) is 0.736. The Kier molecular flexibility index (Phi) is 5.35. The summed E-state index contributed by atoms with van der Waals surface area (Å²) in [6.07, 6.45) is 2.79. The van der Waals surface area contributed by atoms with Gasteiger partial charge in [-0.05, 0) is 28.8 Å². The number of nitrogens with one attached hydrogen (secondary N) is 1. The van der Waals surface area contributed by atoms with Crippen molar-refractivity contribution in [2.75, 3.05) is 6.54 Å². The molecule has 1 aliphatic rings. The van der Waals surface area contributed by atoms with Crippen molar-refractivity contribution in [2.24, 2.45) is 0 Å². The van der Waals surface area contributed by atoms with Gasteiger partial charge in [-0.25, -0.2) is 9.97 Å². The summed E-state index contributed by atoms with van der Waals surface area (Å²) in [6.45, 7) is 1.88. The molecular formula is C17H17Cl2N3. The van der Waals surface area contributed by atoms with Crippen LogP contribution in [0.2, 0.25) is 0 Å². The second-order valence-electron chi connectivity index (χ2n) is 5.08. The molecule has 0 amide bonds. The molecule has 1 aliphatic heterocycles. The zero-order valence-corrected chi connectivity index (χ0v) is 13.6. The fourth-order valence-electron chi connectivity index (χ4n) is 2.94. The van der Waals surface area contributed by atoms with Crippen molar-refractivity contribution in [2.45, 2.75) is 13.0 Å². The summed E-state index contributed by atoms with van der Waals surface area (Å²) in [7, 11) is 0. The normalized spacial score (nSPS) is 12.9. The van der Waals surface area contributed by atoms with Crippen molar-refractivity contribution in [3.05, 3.63) is 59.9 Å². The minimum atomic E-state index is 0. The Bertz CT molecular complexity index is 775. The molecule has 4 rings (SSSR count). The molecule has 1 aromatic carbocycles. The highest BCUT2D eigenvalue weighted by molar-refractivity contribution is 5.95. The Balaban J connectivity index is 0.000000882. The van der Waals surface area contributed by atoms with Gasteiger partial charge in [0.1, 0.15) is 0 Å². The molecule has 0 spiro atoms. The minimum Gasteiger partial charge on any atom is -0.312 e. The molecule has 0 radical (unpaired) electrons. The number of hydrogen-bond acceptors (Lipinski definition) is 3. The zero-order valence-electron chi connectivity index (χ0n) is 12.0. The summed E-state index contributed by atoms with van der Waals surface area (Å²) >= 11 is 0. The van der Waals surface area contributed by atoms with Gasteiger partial charge in [0.2, 0.25) is 0 Å². The third-order valence-corrected chi connectivity index (χ3v) is 3.85. The van der Waals surface area contributed by atoms with Crippen molar-refractivity contribution in [1.29, 1.82) is 0 Å². The van der Waals surface area contributed by atoms with Gasteiger partial charge in [-0.3, -0.25) is 0 Å². The van der Waals surface area contributed by atoms with Crippen LogP contribution in [0.3, 0.4) is 0 Å². The van der Waals surface area contributed by atoms with Gasteiger partial charge in [0.15, 0.2) is 5.65 Å². The van der Waals surface area contributed by atoms with E-state index in [9.17, 15) is 0 Å². The van der Waals surface area contributed by atoms with Crippen LogP contribution in [0.5, 0.6) is 0 Å². The maximum absolute atomic E-state index is 4.75. The number of nitrogens with zero attached hydrogens (tertiary/aromatic N) is 2. The molecule has 3 heterocycles. The third kappa shape index (κ3) is 2.80. The van der Waals surface area contributed by atoms with Gasteiger partial charge in [0.25, 0.3) is 0 Å². The van der Waals surface area contributed by atoms with Crippen LogP contribution in [0.25, 0.3) is 22.2 Å². The summed E-state index contributed by atoms with van der Waals surface area (Å²) in [5, 5.41) is 4.60. The lowest BCUT2D eigenvalue weighted by atomic mass is 9.93. The van der Waals surface area contributed by atoms with Crippen LogP contribution in [-0.4, -0.2) is 16.5 Å². The van der Waals surface area contributed by atoms with Gasteiger partial charge in [0, 0.05) is 36.8 Å². The molecule has 114 valence electrons. The van der Waals surface area contributed by atoms with Crippen LogP contribution in [0, 0.1) is 0 Å². The lowest BCUT2D eigenvalue weighted by molar-refractivity contribution is 0.633.